The smallest absolute Gasteiger partial charge is 0.241 e. The lowest BCUT2D eigenvalue weighted by Gasteiger charge is -2.15. The fourth-order valence-electron chi connectivity index (χ4n) is 2.30. The van der Waals surface area contributed by atoms with Gasteiger partial charge in [0.15, 0.2) is 11.5 Å². The second kappa shape index (κ2) is 9.07. The van der Waals surface area contributed by atoms with Crippen molar-refractivity contribution in [2.45, 2.75) is 24.4 Å². The molecule has 1 atom stereocenters. The summed E-state index contributed by atoms with van der Waals surface area (Å²) in [7, 11) is -0.773. The second-order valence-corrected chi connectivity index (χ2v) is 7.85. The number of nitrogens with one attached hydrogen (secondary N) is 2. The minimum Gasteiger partial charge on any atom is -0.493 e. The van der Waals surface area contributed by atoms with Crippen LogP contribution in [0, 0.1) is 0 Å². The Morgan fingerprint density at radius 3 is 2.30 bits per heavy atom. The van der Waals surface area contributed by atoms with Gasteiger partial charge in [0.1, 0.15) is 0 Å². The molecule has 146 valence electrons. The van der Waals surface area contributed by atoms with Crippen molar-refractivity contribution in [2.75, 3.05) is 14.2 Å². The van der Waals surface area contributed by atoms with Gasteiger partial charge in [0.05, 0.1) is 25.2 Å². The van der Waals surface area contributed by atoms with E-state index in [0.717, 1.165) is 5.56 Å². The van der Waals surface area contributed by atoms with Gasteiger partial charge in [-0.15, -0.1) is 0 Å². The van der Waals surface area contributed by atoms with Crippen molar-refractivity contribution in [3.8, 4) is 11.5 Å². The highest BCUT2D eigenvalue weighted by molar-refractivity contribution is 7.89. The Kier molecular flexibility index (Phi) is 7.06. The van der Waals surface area contributed by atoms with Crippen molar-refractivity contribution >= 4 is 27.5 Å². The number of hydrogen-bond donors (Lipinski definition) is 2. The minimum atomic E-state index is -3.83. The zero-order valence-corrected chi connectivity index (χ0v) is 16.7. The standard InChI is InChI=1S/C18H21ClN2O5S/c1-12(21-27(23,24)15-7-5-14(19)6-8-15)18(22)20-11-13-4-9-16(25-2)17(10-13)26-3/h4-10,12,21H,11H2,1-3H3,(H,20,22)/t12-/m1/s1. The lowest BCUT2D eigenvalue weighted by molar-refractivity contribution is -0.122. The molecule has 1 amide bonds. The van der Waals surface area contributed by atoms with Crippen LogP contribution < -0.4 is 19.5 Å². The first-order valence-corrected chi connectivity index (χ1v) is 9.89. The lowest BCUT2D eigenvalue weighted by atomic mass is 10.2. The molecule has 0 fully saturated rings. The van der Waals surface area contributed by atoms with Gasteiger partial charge in [0, 0.05) is 11.6 Å². The van der Waals surface area contributed by atoms with Gasteiger partial charge in [-0.1, -0.05) is 17.7 Å². The number of carbonyl (C=O) groups excluding carboxylic acids is 1. The Bertz CT molecular complexity index is 900. The first kappa shape index (κ1) is 21.0. The number of methoxy groups -OCH3 is 2. The van der Waals surface area contributed by atoms with Crippen molar-refractivity contribution in [1.82, 2.24) is 10.0 Å². The minimum absolute atomic E-state index is 0.0337. The number of ether oxygens (including phenoxy) is 2. The molecule has 9 heteroatoms. The van der Waals surface area contributed by atoms with E-state index in [4.69, 9.17) is 21.1 Å². The van der Waals surface area contributed by atoms with E-state index in [2.05, 4.69) is 10.0 Å². The summed E-state index contributed by atoms with van der Waals surface area (Å²) in [6.07, 6.45) is 0. The van der Waals surface area contributed by atoms with Crippen LogP contribution in [0.1, 0.15) is 12.5 Å². The summed E-state index contributed by atoms with van der Waals surface area (Å²) in [5, 5.41) is 3.11. The van der Waals surface area contributed by atoms with Gasteiger partial charge in [-0.25, -0.2) is 8.42 Å². The molecule has 0 unspecified atom stereocenters. The molecule has 0 aliphatic carbocycles. The number of carbonyl (C=O) groups is 1. The quantitative estimate of drug-likeness (QED) is 0.694. The fourth-order valence-corrected chi connectivity index (χ4v) is 3.63. The van der Waals surface area contributed by atoms with Crippen molar-refractivity contribution in [3.05, 3.63) is 53.1 Å². The number of halogens is 1. The molecule has 0 radical (unpaired) electrons. The molecule has 0 bridgehead atoms. The third-order valence-electron chi connectivity index (χ3n) is 3.76. The summed E-state index contributed by atoms with van der Waals surface area (Å²) in [4.78, 5) is 12.3. The molecular weight excluding hydrogens is 392 g/mol. The molecule has 0 spiro atoms. The van der Waals surface area contributed by atoms with Crippen molar-refractivity contribution in [2.24, 2.45) is 0 Å². The van der Waals surface area contributed by atoms with E-state index < -0.39 is 22.0 Å². The molecule has 2 aromatic carbocycles. The van der Waals surface area contributed by atoms with Crippen molar-refractivity contribution < 1.29 is 22.7 Å². The van der Waals surface area contributed by atoms with Crippen LogP contribution in [-0.2, 0) is 21.4 Å². The predicted molar refractivity (Wildman–Crippen MR) is 103 cm³/mol. The third kappa shape index (κ3) is 5.59. The highest BCUT2D eigenvalue weighted by Gasteiger charge is 2.22. The Morgan fingerprint density at radius 2 is 1.70 bits per heavy atom. The summed E-state index contributed by atoms with van der Waals surface area (Å²) in [5.41, 5.74) is 0.786. The Labute approximate surface area is 163 Å². The number of sulfonamides is 1. The number of hydrogen-bond acceptors (Lipinski definition) is 5. The molecular formula is C18H21ClN2O5S. The molecule has 0 saturated carbocycles. The Morgan fingerprint density at radius 1 is 1.07 bits per heavy atom. The molecule has 7 nitrogen and oxygen atoms in total. The van der Waals surface area contributed by atoms with Crippen LogP contribution in [0.2, 0.25) is 5.02 Å². The molecule has 27 heavy (non-hydrogen) atoms. The summed E-state index contributed by atoms with van der Waals surface area (Å²) >= 11 is 5.76. The van der Waals surface area contributed by atoms with Gasteiger partial charge < -0.3 is 14.8 Å². The van der Waals surface area contributed by atoms with Gasteiger partial charge in [-0.05, 0) is 48.9 Å². The molecule has 0 aliphatic heterocycles. The third-order valence-corrected chi connectivity index (χ3v) is 5.57. The van der Waals surface area contributed by atoms with E-state index in [9.17, 15) is 13.2 Å². The Hall–Kier alpha value is -2.29. The summed E-state index contributed by atoms with van der Waals surface area (Å²) in [6, 6.07) is 9.98. The summed E-state index contributed by atoms with van der Waals surface area (Å²) in [5.74, 6) is 0.666. The molecule has 2 aromatic rings. The van der Waals surface area contributed by atoms with Crippen LogP contribution in [0.5, 0.6) is 11.5 Å². The monoisotopic (exact) mass is 412 g/mol. The molecule has 0 aromatic heterocycles. The predicted octanol–water partition coefficient (Wildman–Crippen LogP) is 2.34. The van der Waals surface area contributed by atoms with Crippen LogP contribution in [0.25, 0.3) is 0 Å². The van der Waals surface area contributed by atoms with E-state index in [1.165, 1.54) is 45.4 Å². The SMILES string of the molecule is COc1ccc(CNC(=O)[C@@H](C)NS(=O)(=O)c2ccc(Cl)cc2)cc1OC. The maximum absolute atomic E-state index is 12.3. The topological polar surface area (TPSA) is 93.7 Å². The molecule has 2 N–H and O–H groups in total. The van der Waals surface area contributed by atoms with Crippen LogP contribution in [0.15, 0.2) is 47.4 Å². The zero-order valence-electron chi connectivity index (χ0n) is 15.2. The molecule has 0 aliphatic rings. The number of benzene rings is 2. The van der Waals surface area contributed by atoms with Crippen LogP contribution in [0.3, 0.4) is 0 Å². The van der Waals surface area contributed by atoms with E-state index in [1.54, 1.807) is 18.2 Å². The first-order valence-electron chi connectivity index (χ1n) is 8.03. The number of rotatable bonds is 8. The average molecular weight is 413 g/mol. The van der Waals surface area contributed by atoms with Gasteiger partial charge in [-0.3, -0.25) is 4.79 Å². The average Bonchev–Trinajstić information content (AvgIpc) is 2.65. The highest BCUT2D eigenvalue weighted by atomic mass is 35.5. The number of amides is 1. The summed E-state index contributed by atoms with van der Waals surface area (Å²) in [6.45, 7) is 1.68. The Balaban J connectivity index is 1.98. The largest absolute Gasteiger partial charge is 0.493 e. The van der Waals surface area contributed by atoms with Gasteiger partial charge >= 0.3 is 0 Å². The maximum Gasteiger partial charge on any atom is 0.241 e. The second-order valence-electron chi connectivity index (χ2n) is 5.70. The van der Waals surface area contributed by atoms with Crippen LogP contribution >= 0.6 is 11.6 Å². The van der Waals surface area contributed by atoms with Crippen LogP contribution in [0.4, 0.5) is 0 Å². The lowest BCUT2D eigenvalue weighted by Crippen LogP contribution is -2.44. The van der Waals surface area contributed by atoms with Gasteiger partial charge in [0.2, 0.25) is 15.9 Å². The zero-order chi connectivity index (χ0) is 20.0. The fraction of sp³-hybridized carbons (Fsp3) is 0.278. The van der Waals surface area contributed by atoms with Gasteiger partial charge in [-0.2, -0.15) is 4.72 Å². The molecule has 0 saturated heterocycles. The van der Waals surface area contributed by atoms with Crippen molar-refractivity contribution in [1.29, 1.82) is 0 Å². The first-order chi connectivity index (χ1) is 12.8. The normalized spacial score (nSPS) is 12.3. The molecule has 0 heterocycles. The van der Waals surface area contributed by atoms with E-state index in [0.29, 0.717) is 16.5 Å². The summed E-state index contributed by atoms with van der Waals surface area (Å²) < 4.78 is 37.4. The van der Waals surface area contributed by atoms with E-state index >= 15 is 0 Å². The van der Waals surface area contributed by atoms with Crippen molar-refractivity contribution in [3.63, 3.8) is 0 Å². The highest BCUT2D eigenvalue weighted by Crippen LogP contribution is 2.27. The van der Waals surface area contributed by atoms with E-state index in [-0.39, 0.29) is 11.4 Å². The molecule has 2 rings (SSSR count). The van der Waals surface area contributed by atoms with E-state index in [1.807, 2.05) is 0 Å². The maximum atomic E-state index is 12.3. The van der Waals surface area contributed by atoms with Gasteiger partial charge in [0.25, 0.3) is 0 Å². The van der Waals surface area contributed by atoms with Crippen LogP contribution in [-0.4, -0.2) is 34.6 Å².